The fourth-order valence-electron chi connectivity index (χ4n) is 2.60. The van der Waals surface area contributed by atoms with E-state index in [9.17, 15) is 4.79 Å². The molecule has 6 nitrogen and oxygen atoms in total. The number of nitrogens with one attached hydrogen (secondary N) is 1. The molecule has 0 aliphatic rings. The van der Waals surface area contributed by atoms with Crippen molar-refractivity contribution >= 4 is 23.1 Å². The number of hydrogen-bond acceptors (Lipinski definition) is 5. The Hall–Kier alpha value is -2.80. The fourth-order valence-corrected chi connectivity index (χ4v) is 3.24. The van der Waals surface area contributed by atoms with Gasteiger partial charge in [0.15, 0.2) is 5.82 Å². The lowest BCUT2D eigenvalue weighted by Crippen LogP contribution is -2.27. The van der Waals surface area contributed by atoms with Crippen LogP contribution in [-0.4, -0.2) is 36.9 Å². The number of methoxy groups -OCH3 is 1. The summed E-state index contributed by atoms with van der Waals surface area (Å²) in [6, 6.07) is 11.8. The Kier molecular flexibility index (Phi) is 5.58. The molecule has 26 heavy (non-hydrogen) atoms. The summed E-state index contributed by atoms with van der Waals surface area (Å²) in [5.74, 6) is 1.56. The van der Waals surface area contributed by atoms with Crippen molar-refractivity contribution in [1.82, 2.24) is 15.1 Å². The molecule has 0 aliphatic heterocycles. The number of amides is 1. The molecule has 1 aromatic carbocycles. The number of ether oxygens (including phenoxy) is 1. The van der Waals surface area contributed by atoms with Crippen LogP contribution in [-0.2, 0) is 17.9 Å². The number of hydrogen-bond donors (Lipinski definition) is 1. The highest BCUT2D eigenvalue weighted by molar-refractivity contribution is 7.09. The predicted molar refractivity (Wildman–Crippen MR) is 105 cm³/mol. The lowest BCUT2D eigenvalue weighted by atomic mass is 10.1. The van der Waals surface area contributed by atoms with Gasteiger partial charge in [0.1, 0.15) is 12.3 Å². The van der Waals surface area contributed by atoms with Gasteiger partial charge in [-0.15, -0.1) is 11.3 Å². The van der Waals surface area contributed by atoms with Crippen LogP contribution in [0.25, 0.3) is 11.1 Å². The Balaban J connectivity index is 1.74. The van der Waals surface area contributed by atoms with Crippen LogP contribution in [0.1, 0.15) is 4.88 Å². The number of nitrogens with zero attached hydrogens (tertiary/aromatic N) is 3. The standard InChI is InChI=1S/C19H22N4O2S/c1-22(2)19-17(14-6-8-15(25-3)9-7-14)12-23(21-19)13-18(24)20-11-16-5-4-10-26-16/h4-10,12H,11,13H2,1-3H3,(H,20,24). The van der Waals surface area contributed by atoms with Crippen LogP contribution in [0.15, 0.2) is 48.0 Å². The average molecular weight is 370 g/mol. The van der Waals surface area contributed by atoms with Crippen LogP contribution in [0.2, 0.25) is 0 Å². The summed E-state index contributed by atoms with van der Waals surface area (Å²) in [4.78, 5) is 15.3. The van der Waals surface area contributed by atoms with Crippen molar-refractivity contribution in [3.63, 3.8) is 0 Å². The van der Waals surface area contributed by atoms with E-state index in [4.69, 9.17) is 4.74 Å². The molecule has 1 amide bonds. The Labute approximate surface area is 157 Å². The van der Waals surface area contributed by atoms with E-state index in [1.807, 2.05) is 67.0 Å². The first-order valence-corrected chi connectivity index (χ1v) is 9.13. The molecule has 0 bridgehead atoms. The van der Waals surface area contributed by atoms with Crippen molar-refractivity contribution < 1.29 is 9.53 Å². The normalized spacial score (nSPS) is 10.6. The van der Waals surface area contributed by atoms with E-state index in [1.165, 1.54) is 0 Å². The molecular weight excluding hydrogens is 348 g/mol. The van der Waals surface area contributed by atoms with Gasteiger partial charge in [-0.05, 0) is 29.1 Å². The van der Waals surface area contributed by atoms with Gasteiger partial charge in [0.2, 0.25) is 5.91 Å². The molecule has 136 valence electrons. The molecule has 2 aromatic heterocycles. The quantitative estimate of drug-likeness (QED) is 0.695. The van der Waals surface area contributed by atoms with Crippen LogP contribution in [0.5, 0.6) is 5.75 Å². The molecule has 0 spiro atoms. The van der Waals surface area contributed by atoms with E-state index >= 15 is 0 Å². The summed E-state index contributed by atoms with van der Waals surface area (Å²) in [6.07, 6.45) is 1.90. The van der Waals surface area contributed by atoms with E-state index in [0.29, 0.717) is 6.54 Å². The van der Waals surface area contributed by atoms with Crippen LogP contribution < -0.4 is 15.0 Å². The first-order chi connectivity index (χ1) is 12.6. The van der Waals surface area contributed by atoms with Crippen molar-refractivity contribution in [2.45, 2.75) is 13.1 Å². The molecule has 0 fully saturated rings. The number of carbonyl (C=O) groups is 1. The molecule has 0 saturated carbocycles. The van der Waals surface area contributed by atoms with E-state index in [2.05, 4.69) is 10.4 Å². The maximum atomic E-state index is 12.2. The van der Waals surface area contributed by atoms with E-state index < -0.39 is 0 Å². The minimum Gasteiger partial charge on any atom is -0.497 e. The zero-order valence-corrected chi connectivity index (χ0v) is 15.9. The van der Waals surface area contributed by atoms with Crippen LogP contribution >= 0.6 is 11.3 Å². The molecule has 0 radical (unpaired) electrons. The molecule has 0 unspecified atom stereocenters. The second-order valence-electron chi connectivity index (χ2n) is 6.04. The average Bonchev–Trinajstić information content (AvgIpc) is 3.30. The maximum absolute atomic E-state index is 12.2. The zero-order valence-electron chi connectivity index (χ0n) is 15.1. The third-order valence-corrected chi connectivity index (χ3v) is 4.79. The van der Waals surface area contributed by atoms with E-state index in [-0.39, 0.29) is 12.5 Å². The number of rotatable bonds is 7. The van der Waals surface area contributed by atoms with Gasteiger partial charge in [0.25, 0.3) is 0 Å². The van der Waals surface area contributed by atoms with Crippen molar-refractivity contribution in [3.05, 3.63) is 52.9 Å². The summed E-state index contributed by atoms with van der Waals surface area (Å²) in [5.41, 5.74) is 2.00. The predicted octanol–water partition coefficient (Wildman–Crippen LogP) is 3.00. The maximum Gasteiger partial charge on any atom is 0.242 e. The first kappa shape index (κ1) is 18.0. The third-order valence-electron chi connectivity index (χ3n) is 3.91. The molecule has 2 heterocycles. The summed E-state index contributed by atoms with van der Waals surface area (Å²) in [7, 11) is 5.53. The molecule has 0 atom stereocenters. The Morgan fingerprint density at radius 2 is 2.04 bits per heavy atom. The Morgan fingerprint density at radius 3 is 2.65 bits per heavy atom. The van der Waals surface area contributed by atoms with Gasteiger partial charge in [-0.25, -0.2) is 0 Å². The van der Waals surface area contributed by atoms with Crippen LogP contribution in [0, 0.1) is 0 Å². The zero-order chi connectivity index (χ0) is 18.5. The number of carbonyl (C=O) groups excluding carboxylic acids is 1. The highest BCUT2D eigenvalue weighted by Gasteiger charge is 2.14. The second-order valence-corrected chi connectivity index (χ2v) is 7.08. The minimum atomic E-state index is -0.0625. The molecule has 0 saturated heterocycles. The number of anilines is 1. The van der Waals surface area contributed by atoms with Gasteiger partial charge < -0.3 is 15.0 Å². The lowest BCUT2D eigenvalue weighted by Gasteiger charge is -2.11. The number of aromatic nitrogens is 2. The van der Waals surface area contributed by atoms with E-state index in [1.54, 1.807) is 23.1 Å². The summed E-state index contributed by atoms with van der Waals surface area (Å²) < 4.78 is 6.89. The Morgan fingerprint density at radius 1 is 1.27 bits per heavy atom. The summed E-state index contributed by atoms with van der Waals surface area (Å²) in [5, 5.41) is 9.49. The van der Waals surface area contributed by atoms with Crippen molar-refractivity contribution in [1.29, 1.82) is 0 Å². The monoisotopic (exact) mass is 370 g/mol. The van der Waals surface area contributed by atoms with Crippen molar-refractivity contribution in [2.24, 2.45) is 0 Å². The third kappa shape index (κ3) is 4.23. The van der Waals surface area contributed by atoms with Crippen LogP contribution in [0.3, 0.4) is 0 Å². The number of thiophene rings is 1. The molecule has 0 aliphatic carbocycles. The molecular formula is C19H22N4O2S. The fraction of sp³-hybridized carbons (Fsp3) is 0.263. The highest BCUT2D eigenvalue weighted by atomic mass is 32.1. The molecule has 3 aromatic rings. The first-order valence-electron chi connectivity index (χ1n) is 8.25. The number of benzene rings is 1. The topological polar surface area (TPSA) is 59.4 Å². The lowest BCUT2D eigenvalue weighted by molar-refractivity contribution is -0.122. The molecule has 1 N–H and O–H groups in total. The van der Waals surface area contributed by atoms with Crippen molar-refractivity contribution in [2.75, 3.05) is 26.1 Å². The van der Waals surface area contributed by atoms with Gasteiger partial charge >= 0.3 is 0 Å². The SMILES string of the molecule is COc1ccc(-c2cn(CC(=O)NCc3cccs3)nc2N(C)C)cc1. The van der Waals surface area contributed by atoms with Gasteiger partial charge in [-0.3, -0.25) is 9.48 Å². The molecule has 3 rings (SSSR count). The minimum absolute atomic E-state index is 0.0625. The van der Waals surface area contributed by atoms with Gasteiger partial charge in [-0.1, -0.05) is 18.2 Å². The van der Waals surface area contributed by atoms with Crippen molar-refractivity contribution in [3.8, 4) is 16.9 Å². The summed E-state index contributed by atoms with van der Waals surface area (Å²) in [6.45, 7) is 0.728. The second kappa shape index (κ2) is 8.05. The van der Waals surface area contributed by atoms with Gasteiger partial charge in [-0.2, -0.15) is 5.10 Å². The summed E-state index contributed by atoms with van der Waals surface area (Å²) >= 11 is 1.63. The van der Waals surface area contributed by atoms with Gasteiger partial charge in [0, 0.05) is 30.7 Å². The largest absolute Gasteiger partial charge is 0.497 e. The smallest absolute Gasteiger partial charge is 0.242 e. The van der Waals surface area contributed by atoms with Gasteiger partial charge in [0.05, 0.1) is 13.7 Å². The Bertz CT molecular complexity index is 854. The van der Waals surface area contributed by atoms with Crippen LogP contribution in [0.4, 0.5) is 5.82 Å². The molecule has 7 heteroatoms. The highest BCUT2D eigenvalue weighted by Crippen LogP contribution is 2.30. The van der Waals surface area contributed by atoms with E-state index in [0.717, 1.165) is 27.6 Å².